The first kappa shape index (κ1) is 13.4. The molecule has 2 heterocycles. The van der Waals surface area contributed by atoms with Crippen molar-refractivity contribution in [2.24, 2.45) is 0 Å². The fourth-order valence-corrected chi connectivity index (χ4v) is 3.70. The highest BCUT2D eigenvalue weighted by Crippen LogP contribution is 2.32. The molecule has 0 atom stereocenters. The summed E-state index contributed by atoms with van der Waals surface area (Å²) in [6, 6.07) is 4.97. The van der Waals surface area contributed by atoms with E-state index >= 15 is 0 Å². The summed E-state index contributed by atoms with van der Waals surface area (Å²) in [5, 5.41) is 8.92. The van der Waals surface area contributed by atoms with Crippen molar-refractivity contribution >= 4 is 21.9 Å². The Morgan fingerprint density at radius 3 is 2.67 bits per heavy atom. The van der Waals surface area contributed by atoms with Gasteiger partial charge in [-0.1, -0.05) is 0 Å². The molecule has 0 fully saturated rings. The number of hydrogen-bond donors (Lipinski definition) is 1. The van der Waals surface area contributed by atoms with Crippen LogP contribution in [0.1, 0.15) is 26.3 Å². The number of furan rings is 1. The van der Waals surface area contributed by atoms with Crippen LogP contribution < -0.4 is 0 Å². The number of fused-ring (bicyclic) bond motifs is 1. The zero-order valence-electron chi connectivity index (χ0n) is 10.5. The maximum Gasteiger partial charge on any atom is 0.335 e. The largest absolute Gasteiger partial charge is 0.478 e. The average Bonchev–Trinajstić information content (AvgIpc) is 3.01. The Hall–Kier alpha value is -2.61. The van der Waals surface area contributed by atoms with Crippen LogP contribution in [-0.4, -0.2) is 29.7 Å². The highest BCUT2D eigenvalue weighted by Gasteiger charge is 2.41. The Labute approximate surface area is 119 Å². The molecule has 1 aliphatic heterocycles. The lowest BCUT2D eigenvalue weighted by atomic mass is 10.1. The van der Waals surface area contributed by atoms with E-state index in [0.717, 1.165) is 6.07 Å². The minimum atomic E-state index is -4.05. The smallest absolute Gasteiger partial charge is 0.335 e. The maximum absolute atomic E-state index is 12.4. The molecular formula is C13H9NO6S. The van der Waals surface area contributed by atoms with Gasteiger partial charge in [0.05, 0.1) is 30.2 Å². The summed E-state index contributed by atoms with van der Waals surface area (Å²) in [7, 11) is -4.05. The van der Waals surface area contributed by atoms with Crippen LogP contribution in [0.3, 0.4) is 0 Å². The van der Waals surface area contributed by atoms with Crippen molar-refractivity contribution in [3.63, 3.8) is 0 Å². The zero-order chi connectivity index (χ0) is 15.2. The summed E-state index contributed by atoms with van der Waals surface area (Å²) >= 11 is 0. The molecule has 7 nitrogen and oxygen atoms in total. The molecule has 0 unspecified atom stereocenters. The third kappa shape index (κ3) is 2.00. The van der Waals surface area contributed by atoms with Crippen LogP contribution in [0, 0.1) is 0 Å². The van der Waals surface area contributed by atoms with Crippen LogP contribution in [0.2, 0.25) is 0 Å². The molecule has 0 spiro atoms. The minimum absolute atomic E-state index is 0.0245. The van der Waals surface area contributed by atoms with Crippen LogP contribution >= 0.6 is 0 Å². The summed E-state index contributed by atoms with van der Waals surface area (Å²) < 4.78 is 30.3. The standard InChI is InChI=1S/C13H9NO6S/c15-12-10-2-1-9(13(16)17)5-11(10)21(18,19)14(12)6-8-3-4-20-7-8/h1-5,7H,6H2,(H,16,17). The molecule has 3 rings (SSSR count). The molecule has 1 amide bonds. The summed E-state index contributed by atoms with van der Waals surface area (Å²) in [5.41, 5.74) is 0.317. The number of carbonyl (C=O) groups is 2. The number of carboxylic acid groups (broad SMARTS) is 1. The molecule has 108 valence electrons. The highest BCUT2D eigenvalue weighted by atomic mass is 32.2. The van der Waals surface area contributed by atoms with Crippen molar-refractivity contribution in [2.75, 3.05) is 0 Å². The van der Waals surface area contributed by atoms with E-state index in [-0.39, 0.29) is 22.6 Å². The number of amides is 1. The van der Waals surface area contributed by atoms with Crippen LogP contribution in [0.25, 0.3) is 0 Å². The second-order valence-corrected chi connectivity index (χ2v) is 6.30. The molecule has 0 aliphatic carbocycles. The second kappa shape index (κ2) is 4.45. The molecule has 0 bridgehead atoms. The molecule has 1 aliphatic rings. The Morgan fingerprint density at radius 2 is 2.05 bits per heavy atom. The van der Waals surface area contributed by atoms with E-state index in [1.165, 1.54) is 24.7 Å². The molecular weight excluding hydrogens is 298 g/mol. The first-order valence-corrected chi connectivity index (χ1v) is 7.31. The Bertz CT molecular complexity index is 838. The molecule has 0 saturated heterocycles. The van der Waals surface area contributed by atoms with Crippen molar-refractivity contribution in [1.29, 1.82) is 0 Å². The number of sulfonamides is 1. The summed E-state index contributed by atoms with van der Waals surface area (Å²) in [4.78, 5) is 22.8. The molecule has 0 saturated carbocycles. The van der Waals surface area contributed by atoms with Crippen molar-refractivity contribution in [2.45, 2.75) is 11.4 Å². The van der Waals surface area contributed by atoms with Gasteiger partial charge < -0.3 is 9.52 Å². The third-order valence-electron chi connectivity index (χ3n) is 3.16. The van der Waals surface area contributed by atoms with Crippen molar-refractivity contribution in [3.8, 4) is 0 Å². The number of benzene rings is 1. The lowest BCUT2D eigenvalue weighted by molar-refractivity contribution is 0.0695. The van der Waals surface area contributed by atoms with E-state index in [1.54, 1.807) is 6.07 Å². The predicted molar refractivity (Wildman–Crippen MR) is 69.2 cm³/mol. The van der Waals surface area contributed by atoms with E-state index < -0.39 is 21.9 Å². The first-order chi connectivity index (χ1) is 9.91. The van der Waals surface area contributed by atoms with Gasteiger partial charge in [-0.05, 0) is 24.3 Å². The SMILES string of the molecule is O=C(O)c1ccc2c(c1)S(=O)(=O)N(Cc1ccoc1)C2=O. The highest BCUT2D eigenvalue weighted by molar-refractivity contribution is 7.90. The van der Waals surface area contributed by atoms with E-state index in [0.29, 0.717) is 9.87 Å². The van der Waals surface area contributed by atoms with Gasteiger partial charge in [0.15, 0.2) is 0 Å². The van der Waals surface area contributed by atoms with Crippen molar-refractivity contribution in [1.82, 2.24) is 4.31 Å². The number of nitrogens with zero attached hydrogens (tertiary/aromatic N) is 1. The van der Waals surface area contributed by atoms with Gasteiger partial charge in [0.2, 0.25) is 0 Å². The minimum Gasteiger partial charge on any atom is -0.478 e. The number of carboxylic acids is 1. The molecule has 0 radical (unpaired) electrons. The van der Waals surface area contributed by atoms with Gasteiger partial charge in [-0.25, -0.2) is 17.5 Å². The van der Waals surface area contributed by atoms with Gasteiger partial charge in [0.1, 0.15) is 4.90 Å². The van der Waals surface area contributed by atoms with Crippen LogP contribution in [0.5, 0.6) is 0 Å². The fourth-order valence-electron chi connectivity index (χ4n) is 2.11. The summed E-state index contributed by atoms with van der Waals surface area (Å²) in [6.45, 7) is -0.158. The number of aromatic carboxylic acids is 1. The molecule has 1 N–H and O–H groups in total. The van der Waals surface area contributed by atoms with E-state index in [4.69, 9.17) is 9.52 Å². The monoisotopic (exact) mass is 307 g/mol. The zero-order valence-corrected chi connectivity index (χ0v) is 11.3. The normalized spacial score (nSPS) is 16.0. The molecule has 1 aromatic carbocycles. The van der Waals surface area contributed by atoms with Gasteiger partial charge in [-0.3, -0.25) is 4.79 Å². The number of carbonyl (C=O) groups excluding carboxylic acids is 1. The molecule has 2 aromatic rings. The van der Waals surface area contributed by atoms with Crippen molar-refractivity contribution < 1.29 is 27.5 Å². The topological polar surface area (TPSA) is 105 Å². The predicted octanol–water partition coefficient (Wildman–Crippen LogP) is 1.32. The Morgan fingerprint density at radius 1 is 1.29 bits per heavy atom. The maximum atomic E-state index is 12.4. The number of hydrogen-bond acceptors (Lipinski definition) is 5. The Kier molecular flexibility index (Phi) is 2.84. The lowest BCUT2D eigenvalue weighted by Crippen LogP contribution is -2.29. The third-order valence-corrected chi connectivity index (χ3v) is 4.93. The summed E-state index contributed by atoms with van der Waals surface area (Å²) in [5.74, 6) is -1.93. The van der Waals surface area contributed by atoms with Gasteiger partial charge in [0, 0.05) is 5.56 Å². The van der Waals surface area contributed by atoms with Crippen LogP contribution in [0.15, 0.2) is 46.1 Å². The second-order valence-electron chi connectivity index (χ2n) is 4.46. The van der Waals surface area contributed by atoms with E-state index in [9.17, 15) is 18.0 Å². The van der Waals surface area contributed by atoms with Gasteiger partial charge in [-0.15, -0.1) is 0 Å². The van der Waals surface area contributed by atoms with Crippen LogP contribution in [0.4, 0.5) is 0 Å². The lowest BCUT2D eigenvalue weighted by Gasteiger charge is -2.13. The van der Waals surface area contributed by atoms with Gasteiger partial charge in [0.25, 0.3) is 15.9 Å². The van der Waals surface area contributed by atoms with Crippen molar-refractivity contribution in [3.05, 3.63) is 53.5 Å². The first-order valence-electron chi connectivity index (χ1n) is 5.87. The van der Waals surface area contributed by atoms with Gasteiger partial charge in [-0.2, -0.15) is 0 Å². The molecule has 8 heteroatoms. The quantitative estimate of drug-likeness (QED) is 0.917. The molecule has 1 aromatic heterocycles. The van der Waals surface area contributed by atoms with Crippen LogP contribution in [-0.2, 0) is 16.6 Å². The average molecular weight is 307 g/mol. The number of rotatable bonds is 3. The van der Waals surface area contributed by atoms with E-state index in [2.05, 4.69) is 0 Å². The molecule has 21 heavy (non-hydrogen) atoms. The fraction of sp³-hybridized carbons (Fsp3) is 0.0769. The van der Waals surface area contributed by atoms with Gasteiger partial charge >= 0.3 is 5.97 Å². The van der Waals surface area contributed by atoms with E-state index in [1.807, 2.05) is 0 Å². The Balaban J connectivity index is 2.08. The summed E-state index contributed by atoms with van der Waals surface area (Å²) in [6.07, 6.45) is 2.71.